The van der Waals surface area contributed by atoms with Gasteiger partial charge in [0.15, 0.2) is 6.20 Å². The van der Waals surface area contributed by atoms with Gasteiger partial charge in [-0.2, -0.15) is 4.57 Å². The molecule has 0 aliphatic rings. The first-order chi connectivity index (χ1) is 7.74. The molecule has 0 N–H and O–H groups in total. The summed E-state index contributed by atoms with van der Waals surface area (Å²) in [6.45, 7) is 2.09. The molecule has 0 aliphatic heterocycles. The van der Waals surface area contributed by atoms with Crippen molar-refractivity contribution in [3.63, 3.8) is 0 Å². The van der Waals surface area contributed by atoms with E-state index in [2.05, 4.69) is 24.0 Å². The summed E-state index contributed by atoms with van der Waals surface area (Å²) >= 11 is 0. The Labute approximate surface area is 95.3 Å². The Hall–Kier alpha value is -1.90. The predicted octanol–water partition coefficient (Wildman–Crippen LogP) is 1.89. The predicted molar refractivity (Wildman–Crippen MR) is 62.1 cm³/mol. The standard InChI is InChI=1S/C13H15N2O/c1-10-6-4-5-7-11(10)12-13(16-3)14-8-9-15(12)2/h4-9H,1-3H3/q+1. The molecule has 0 aliphatic carbocycles. The molecule has 82 valence electrons. The molecule has 2 aromatic rings. The molecule has 1 aromatic carbocycles. The van der Waals surface area contributed by atoms with E-state index in [9.17, 15) is 0 Å². The first kappa shape index (κ1) is 10.6. The summed E-state index contributed by atoms with van der Waals surface area (Å²) in [7, 11) is 3.64. The number of hydrogen-bond donors (Lipinski definition) is 0. The highest BCUT2D eigenvalue weighted by Crippen LogP contribution is 2.26. The molecule has 1 heterocycles. The lowest BCUT2D eigenvalue weighted by Gasteiger charge is -2.06. The minimum absolute atomic E-state index is 0.652. The molecule has 2 rings (SSSR count). The van der Waals surface area contributed by atoms with Crippen molar-refractivity contribution in [1.29, 1.82) is 0 Å². The molecule has 0 saturated carbocycles. The molecule has 0 spiro atoms. The first-order valence-corrected chi connectivity index (χ1v) is 5.18. The Balaban J connectivity index is 2.68. The number of benzene rings is 1. The lowest BCUT2D eigenvalue weighted by molar-refractivity contribution is -0.661. The van der Waals surface area contributed by atoms with Crippen LogP contribution in [0.2, 0.25) is 0 Å². The van der Waals surface area contributed by atoms with Crippen molar-refractivity contribution < 1.29 is 9.30 Å². The third kappa shape index (κ3) is 1.76. The fourth-order valence-corrected chi connectivity index (χ4v) is 1.78. The Morgan fingerprint density at radius 1 is 1.25 bits per heavy atom. The Morgan fingerprint density at radius 2 is 2.00 bits per heavy atom. The van der Waals surface area contributed by atoms with Gasteiger partial charge in [-0.1, -0.05) is 18.2 Å². The molecule has 3 nitrogen and oxygen atoms in total. The molecular weight excluding hydrogens is 200 g/mol. The minimum Gasteiger partial charge on any atom is -0.476 e. The second-order valence-corrected chi connectivity index (χ2v) is 3.71. The van der Waals surface area contributed by atoms with E-state index in [-0.39, 0.29) is 0 Å². The van der Waals surface area contributed by atoms with Crippen molar-refractivity contribution in [1.82, 2.24) is 4.98 Å². The van der Waals surface area contributed by atoms with Crippen LogP contribution in [0.5, 0.6) is 5.88 Å². The molecule has 0 bridgehead atoms. The van der Waals surface area contributed by atoms with Crippen LogP contribution in [0.25, 0.3) is 11.3 Å². The highest BCUT2D eigenvalue weighted by atomic mass is 16.5. The van der Waals surface area contributed by atoms with Gasteiger partial charge in [-0.25, -0.2) is 4.98 Å². The van der Waals surface area contributed by atoms with Gasteiger partial charge in [0, 0.05) is 0 Å². The molecule has 0 atom stereocenters. The van der Waals surface area contributed by atoms with Gasteiger partial charge >= 0.3 is 0 Å². The smallest absolute Gasteiger partial charge is 0.288 e. The summed E-state index contributed by atoms with van der Waals surface area (Å²) < 4.78 is 7.33. The lowest BCUT2D eigenvalue weighted by atomic mass is 10.1. The Morgan fingerprint density at radius 3 is 2.69 bits per heavy atom. The molecule has 0 amide bonds. The summed E-state index contributed by atoms with van der Waals surface area (Å²) in [4.78, 5) is 4.23. The van der Waals surface area contributed by atoms with Gasteiger partial charge in [0.05, 0.1) is 18.9 Å². The van der Waals surface area contributed by atoms with Crippen LogP contribution in [0, 0.1) is 6.92 Å². The summed E-state index contributed by atoms with van der Waals surface area (Å²) in [6.07, 6.45) is 3.66. The zero-order valence-electron chi connectivity index (χ0n) is 9.77. The van der Waals surface area contributed by atoms with Gasteiger partial charge in [-0.3, -0.25) is 0 Å². The van der Waals surface area contributed by atoms with E-state index in [1.807, 2.05) is 29.9 Å². The molecule has 0 unspecified atom stereocenters. The second-order valence-electron chi connectivity index (χ2n) is 3.71. The maximum absolute atomic E-state index is 5.30. The third-order valence-corrected chi connectivity index (χ3v) is 2.63. The number of methoxy groups -OCH3 is 1. The van der Waals surface area contributed by atoms with Crippen molar-refractivity contribution >= 4 is 0 Å². The summed E-state index contributed by atoms with van der Waals surface area (Å²) in [5.74, 6) is 0.652. The Kier molecular flexibility index (Phi) is 2.86. The number of aryl methyl sites for hydroxylation is 2. The third-order valence-electron chi connectivity index (χ3n) is 2.63. The number of hydrogen-bond acceptors (Lipinski definition) is 2. The number of aromatic nitrogens is 2. The maximum atomic E-state index is 5.30. The monoisotopic (exact) mass is 215 g/mol. The molecule has 0 saturated heterocycles. The van der Waals surface area contributed by atoms with Crippen molar-refractivity contribution in [2.75, 3.05) is 7.11 Å². The summed E-state index contributed by atoms with van der Waals surface area (Å²) in [5.41, 5.74) is 3.36. The van der Waals surface area contributed by atoms with Crippen LogP contribution in [0.4, 0.5) is 0 Å². The molecule has 0 fully saturated rings. The molecule has 3 heteroatoms. The number of ether oxygens (including phenoxy) is 1. The van der Waals surface area contributed by atoms with Crippen LogP contribution in [0.15, 0.2) is 36.7 Å². The highest BCUT2D eigenvalue weighted by molar-refractivity contribution is 5.64. The van der Waals surface area contributed by atoms with Crippen molar-refractivity contribution in [3.8, 4) is 17.1 Å². The first-order valence-electron chi connectivity index (χ1n) is 5.18. The van der Waals surface area contributed by atoms with E-state index in [4.69, 9.17) is 4.74 Å². The fraction of sp³-hybridized carbons (Fsp3) is 0.231. The van der Waals surface area contributed by atoms with Crippen LogP contribution in [-0.2, 0) is 7.05 Å². The summed E-state index contributed by atoms with van der Waals surface area (Å²) in [6, 6.07) is 8.22. The number of nitrogens with zero attached hydrogens (tertiary/aromatic N) is 2. The van der Waals surface area contributed by atoms with E-state index in [1.54, 1.807) is 13.3 Å². The quantitative estimate of drug-likeness (QED) is 0.715. The van der Waals surface area contributed by atoms with Crippen LogP contribution >= 0.6 is 0 Å². The average Bonchev–Trinajstić information content (AvgIpc) is 2.30. The number of rotatable bonds is 2. The fourth-order valence-electron chi connectivity index (χ4n) is 1.78. The highest BCUT2D eigenvalue weighted by Gasteiger charge is 2.19. The molecule has 16 heavy (non-hydrogen) atoms. The zero-order chi connectivity index (χ0) is 11.5. The SMILES string of the molecule is COc1ncc[n+](C)c1-c1ccccc1C. The van der Waals surface area contributed by atoms with Gasteiger partial charge in [0.2, 0.25) is 0 Å². The molecule has 0 radical (unpaired) electrons. The normalized spacial score (nSPS) is 10.2. The maximum Gasteiger partial charge on any atom is 0.288 e. The van der Waals surface area contributed by atoms with E-state index in [1.165, 1.54) is 5.56 Å². The van der Waals surface area contributed by atoms with Crippen LogP contribution in [0.3, 0.4) is 0 Å². The van der Waals surface area contributed by atoms with Crippen molar-refractivity contribution in [3.05, 3.63) is 42.2 Å². The van der Waals surface area contributed by atoms with Crippen LogP contribution in [0.1, 0.15) is 5.56 Å². The van der Waals surface area contributed by atoms with E-state index >= 15 is 0 Å². The zero-order valence-corrected chi connectivity index (χ0v) is 9.77. The topological polar surface area (TPSA) is 26.0 Å². The van der Waals surface area contributed by atoms with Crippen LogP contribution < -0.4 is 9.30 Å². The lowest BCUT2D eigenvalue weighted by Crippen LogP contribution is -2.31. The average molecular weight is 215 g/mol. The van der Waals surface area contributed by atoms with Crippen molar-refractivity contribution in [2.45, 2.75) is 6.92 Å². The van der Waals surface area contributed by atoms with E-state index in [0.717, 1.165) is 11.3 Å². The Bertz CT molecular complexity index is 509. The van der Waals surface area contributed by atoms with Gasteiger partial charge in [-0.05, 0) is 18.6 Å². The second kappa shape index (κ2) is 4.31. The summed E-state index contributed by atoms with van der Waals surface area (Å²) in [5, 5.41) is 0. The van der Waals surface area contributed by atoms with Gasteiger partial charge < -0.3 is 4.74 Å². The molecular formula is C13H15N2O+. The van der Waals surface area contributed by atoms with Crippen molar-refractivity contribution in [2.24, 2.45) is 7.05 Å². The largest absolute Gasteiger partial charge is 0.476 e. The van der Waals surface area contributed by atoms with Crippen LogP contribution in [-0.4, -0.2) is 12.1 Å². The van der Waals surface area contributed by atoms with Gasteiger partial charge in [0.25, 0.3) is 11.6 Å². The minimum atomic E-state index is 0.652. The molecule has 1 aromatic heterocycles. The van der Waals surface area contributed by atoms with E-state index < -0.39 is 0 Å². The van der Waals surface area contributed by atoms with Gasteiger partial charge in [-0.15, -0.1) is 0 Å². The van der Waals surface area contributed by atoms with Gasteiger partial charge in [0.1, 0.15) is 7.05 Å². The van der Waals surface area contributed by atoms with E-state index in [0.29, 0.717) is 5.88 Å².